The second-order valence-electron chi connectivity index (χ2n) is 4.75. The van der Waals surface area contributed by atoms with Crippen LogP contribution in [0.3, 0.4) is 0 Å². The van der Waals surface area contributed by atoms with Gasteiger partial charge in [-0.3, -0.25) is 0 Å². The number of hydrogen-bond acceptors (Lipinski definition) is 4. The number of nitrogens with zero attached hydrogens (tertiary/aromatic N) is 2. The SMILES string of the molecule is CCCc1nc(-c2coc3ccccc23)ncc1C(=O)O. The summed E-state index contributed by atoms with van der Waals surface area (Å²) in [6.45, 7) is 1.99. The predicted octanol–water partition coefficient (Wildman–Crippen LogP) is 3.54. The molecule has 5 nitrogen and oxygen atoms in total. The summed E-state index contributed by atoms with van der Waals surface area (Å²) in [5.41, 5.74) is 2.25. The van der Waals surface area contributed by atoms with Gasteiger partial charge in [0.2, 0.25) is 0 Å². The van der Waals surface area contributed by atoms with Crippen molar-refractivity contribution in [2.24, 2.45) is 0 Å². The molecule has 0 saturated heterocycles. The molecule has 3 rings (SSSR count). The molecule has 1 N–H and O–H groups in total. The molecule has 0 aliphatic heterocycles. The topological polar surface area (TPSA) is 76.2 Å². The molecule has 0 bridgehead atoms. The van der Waals surface area contributed by atoms with Crippen molar-refractivity contribution in [2.75, 3.05) is 0 Å². The molecule has 0 fully saturated rings. The zero-order valence-corrected chi connectivity index (χ0v) is 11.5. The number of furan rings is 1. The minimum atomic E-state index is -0.998. The molecule has 2 heterocycles. The van der Waals surface area contributed by atoms with E-state index in [1.165, 1.54) is 6.20 Å². The van der Waals surface area contributed by atoms with Crippen molar-refractivity contribution in [2.45, 2.75) is 19.8 Å². The van der Waals surface area contributed by atoms with Crippen LogP contribution < -0.4 is 0 Å². The lowest BCUT2D eigenvalue weighted by molar-refractivity contribution is 0.0694. The molecule has 5 heteroatoms. The number of aromatic nitrogens is 2. The van der Waals surface area contributed by atoms with Crippen LogP contribution in [-0.2, 0) is 6.42 Å². The lowest BCUT2D eigenvalue weighted by Gasteiger charge is -2.05. The van der Waals surface area contributed by atoms with Crippen molar-refractivity contribution >= 4 is 16.9 Å². The summed E-state index contributed by atoms with van der Waals surface area (Å²) in [6, 6.07) is 7.62. The second kappa shape index (κ2) is 5.36. The minimum absolute atomic E-state index is 0.161. The van der Waals surface area contributed by atoms with E-state index >= 15 is 0 Å². The van der Waals surface area contributed by atoms with Crippen LogP contribution >= 0.6 is 0 Å². The van der Waals surface area contributed by atoms with Gasteiger partial charge in [0.05, 0.1) is 16.8 Å². The zero-order chi connectivity index (χ0) is 14.8. The first-order valence-electron chi connectivity index (χ1n) is 6.76. The van der Waals surface area contributed by atoms with E-state index in [4.69, 9.17) is 4.42 Å². The highest BCUT2D eigenvalue weighted by molar-refractivity contribution is 5.93. The maximum Gasteiger partial charge on any atom is 0.339 e. The van der Waals surface area contributed by atoms with E-state index in [9.17, 15) is 9.90 Å². The fraction of sp³-hybridized carbons (Fsp3) is 0.188. The summed E-state index contributed by atoms with van der Waals surface area (Å²) in [5.74, 6) is -0.504. The van der Waals surface area contributed by atoms with Gasteiger partial charge in [0.15, 0.2) is 5.82 Å². The summed E-state index contributed by atoms with van der Waals surface area (Å²) < 4.78 is 5.48. The van der Waals surface area contributed by atoms with Gasteiger partial charge < -0.3 is 9.52 Å². The number of carbonyl (C=O) groups is 1. The largest absolute Gasteiger partial charge is 0.478 e. The summed E-state index contributed by atoms with van der Waals surface area (Å²) in [7, 11) is 0. The Hall–Kier alpha value is -2.69. The number of benzene rings is 1. The second-order valence-corrected chi connectivity index (χ2v) is 4.75. The summed E-state index contributed by atoms with van der Waals surface area (Å²) in [5, 5.41) is 10.1. The van der Waals surface area contributed by atoms with Gasteiger partial charge in [0.25, 0.3) is 0 Å². The number of hydrogen-bond donors (Lipinski definition) is 1. The predicted molar refractivity (Wildman–Crippen MR) is 78.2 cm³/mol. The van der Waals surface area contributed by atoms with Crippen molar-refractivity contribution in [3.05, 3.63) is 48.0 Å². The Bertz CT molecular complexity index is 808. The molecule has 0 aliphatic carbocycles. The summed E-state index contributed by atoms with van der Waals surface area (Å²) in [6.07, 6.45) is 4.41. The molecule has 1 aromatic carbocycles. The molecule has 0 radical (unpaired) electrons. The Kier molecular flexibility index (Phi) is 3.39. The Morgan fingerprint density at radius 1 is 1.33 bits per heavy atom. The number of rotatable bonds is 4. The molecule has 0 atom stereocenters. The van der Waals surface area contributed by atoms with Gasteiger partial charge in [-0.05, 0) is 12.5 Å². The van der Waals surface area contributed by atoms with Gasteiger partial charge in [-0.2, -0.15) is 0 Å². The normalized spacial score (nSPS) is 10.9. The lowest BCUT2D eigenvalue weighted by Crippen LogP contribution is -2.07. The van der Waals surface area contributed by atoms with Crippen molar-refractivity contribution in [1.29, 1.82) is 0 Å². The van der Waals surface area contributed by atoms with Crippen LogP contribution in [0.1, 0.15) is 29.4 Å². The first-order chi connectivity index (χ1) is 10.2. The summed E-state index contributed by atoms with van der Waals surface area (Å²) in [4.78, 5) is 19.8. The van der Waals surface area contributed by atoms with Crippen LogP contribution in [0.15, 0.2) is 41.1 Å². The highest BCUT2D eigenvalue weighted by atomic mass is 16.4. The molecular formula is C16H14N2O3. The van der Waals surface area contributed by atoms with Crippen LogP contribution in [0.5, 0.6) is 0 Å². The van der Waals surface area contributed by atoms with Crippen molar-refractivity contribution < 1.29 is 14.3 Å². The first kappa shape index (κ1) is 13.3. The zero-order valence-electron chi connectivity index (χ0n) is 11.5. The lowest BCUT2D eigenvalue weighted by atomic mass is 10.1. The third-order valence-corrected chi connectivity index (χ3v) is 3.31. The van der Waals surface area contributed by atoms with Gasteiger partial charge in [0, 0.05) is 11.6 Å². The number of aryl methyl sites for hydroxylation is 1. The van der Waals surface area contributed by atoms with Crippen molar-refractivity contribution in [3.63, 3.8) is 0 Å². The molecule has 0 amide bonds. The average Bonchev–Trinajstić information content (AvgIpc) is 2.91. The molecule has 3 aromatic rings. The minimum Gasteiger partial charge on any atom is -0.478 e. The van der Waals surface area contributed by atoms with E-state index < -0.39 is 5.97 Å². The monoisotopic (exact) mass is 282 g/mol. The molecule has 0 spiro atoms. The number of para-hydroxylation sites is 1. The standard InChI is InChI=1S/C16H14N2O3/c1-2-5-13-11(16(19)20)8-17-15(18-13)12-9-21-14-7-4-3-6-10(12)14/h3-4,6-9H,2,5H2,1H3,(H,19,20). The van der Waals surface area contributed by atoms with Gasteiger partial charge in [0.1, 0.15) is 11.8 Å². The maximum absolute atomic E-state index is 11.2. The number of carboxylic acid groups (broad SMARTS) is 1. The Morgan fingerprint density at radius 3 is 2.90 bits per heavy atom. The fourth-order valence-corrected chi connectivity index (χ4v) is 2.30. The van der Waals surface area contributed by atoms with E-state index in [1.54, 1.807) is 6.26 Å². The van der Waals surface area contributed by atoms with E-state index in [0.29, 0.717) is 17.9 Å². The third-order valence-electron chi connectivity index (χ3n) is 3.31. The Balaban J connectivity index is 2.14. The molecule has 0 aliphatic rings. The highest BCUT2D eigenvalue weighted by Gasteiger charge is 2.16. The van der Waals surface area contributed by atoms with Crippen LogP contribution in [-0.4, -0.2) is 21.0 Å². The Labute approximate surface area is 121 Å². The molecule has 2 aromatic heterocycles. The molecule has 106 valence electrons. The van der Waals surface area contributed by atoms with E-state index in [2.05, 4.69) is 9.97 Å². The van der Waals surface area contributed by atoms with Crippen LogP contribution in [0.25, 0.3) is 22.4 Å². The maximum atomic E-state index is 11.2. The molecule has 21 heavy (non-hydrogen) atoms. The smallest absolute Gasteiger partial charge is 0.339 e. The molecule has 0 saturated carbocycles. The van der Waals surface area contributed by atoms with Gasteiger partial charge in [-0.25, -0.2) is 14.8 Å². The van der Waals surface area contributed by atoms with E-state index in [-0.39, 0.29) is 5.56 Å². The van der Waals surface area contributed by atoms with Crippen molar-refractivity contribution in [1.82, 2.24) is 9.97 Å². The molecular weight excluding hydrogens is 268 g/mol. The van der Waals surface area contributed by atoms with Crippen LogP contribution in [0.2, 0.25) is 0 Å². The number of aromatic carboxylic acids is 1. The van der Waals surface area contributed by atoms with Gasteiger partial charge in [-0.15, -0.1) is 0 Å². The first-order valence-corrected chi connectivity index (χ1v) is 6.76. The van der Waals surface area contributed by atoms with Gasteiger partial charge >= 0.3 is 5.97 Å². The average molecular weight is 282 g/mol. The Morgan fingerprint density at radius 2 is 2.14 bits per heavy atom. The van der Waals surface area contributed by atoms with Crippen LogP contribution in [0, 0.1) is 0 Å². The van der Waals surface area contributed by atoms with E-state index in [0.717, 1.165) is 23.0 Å². The van der Waals surface area contributed by atoms with Crippen LogP contribution in [0.4, 0.5) is 0 Å². The third kappa shape index (κ3) is 2.38. The van der Waals surface area contributed by atoms with Gasteiger partial charge in [-0.1, -0.05) is 31.5 Å². The van der Waals surface area contributed by atoms with Crippen molar-refractivity contribution in [3.8, 4) is 11.4 Å². The molecule has 0 unspecified atom stereocenters. The van der Waals surface area contributed by atoms with E-state index in [1.807, 2.05) is 31.2 Å². The number of fused-ring (bicyclic) bond motifs is 1. The highest BCUT2D eigenvalue weighted by Crippen LogP contribution is 2.28. The quantitative estimate of drug-likeness (QED) is 0.792. The fourth-order valence-electron chi connectivity index (χ4n) is 2.30. The summed E-state index contributed by atoms with van der Waals surface area (Å²) >= 11 is 0. The number of carboxylic acids is 1.